The van der Waals surface area contributed by atoms with Gasteiger partial charge < -0.3 is 15.5 Å². The molecule has 0 bridgehead atoms. The van der Waals surface area contributed by atoms with E-state index in [9.17, 15) is 19.2 Å². The Labute approximate surface area is 156 Å². The van der Waals surface area contributed by atoms with Gasteiger partial charge in [0.2, 0.25) is 11.8 Å². The highest BCUT2D eigenvalue weighted by atomic mass is 16.2. The van der Waals surface area contributed by atoms with Gasteiger partial charge in [-0.3, -0.25) is 19.3 Å². The van der Waals surface area contributed by atoms with Gasteiger partial charge in [0, 0.05) is 24.3 Å². The Kier molecular flexibility index (Phi) is 4.13. The summed E-state index contributed by atoms with van der Waals surface area (Å²) >= 11 is 0. The molecule has 1 aliphatic carbocycles. The number of carbonyl (C=O) groups is 4. The van der Waals surface area contributed by atoms with Gasteiger partial charge in [0.15, 0.2) is 0 Å². The van der Waals surface area contributed by atoms with Gasteiger partial charge in [-0.2, -0.15) is 0 Å². The van der Waals surface area contributed by atoms with Crippen LogP contribution in [0.4, 0.5) is 16.2 Å². The van der Waals surface area contributed by atoms with Crippen molar-refractivity contribution in [1.82, 2.24) is 10.2 Å². The number of rotatable bonds is 5. The van der Waals surface area contributed by atoms with Gasteiger partial charge in [0.25, 0.3) is 5.91 Å². The quantitative estimate of drug-likeness (QED) is 0.767. The normalized spacial score (nSPS) is 25.1. The summed E-state index contributed by atoms with van der Waals surface area (Å²) in [6.07, 6.45) is 3.23. The second-order valence-corrected chi connectivity index (χ2v) is 7.54. The first-order valence-electron chi connectivity index (χ1n) is 9.23. The van der Waals surface area contributed by atoms with E-state index >= 15 is 0 Å². The van der Waals surface area contributed by atoms with Crippen LogP contribution in [0.1, 0.15) is 32.6 Å². The zero-order valence-electron chi connectivity index (χ0n) is 15.2. The summed E-state index contributed by atoms with van der Waals surface area (Å²) in [5, 5.41) is 5.42. The van der Waals surface area contributed by atoms with Crippen LogP contribution in [0, 0.1) is 5.92 Å². The molecule has 1 saturated carbocycles. The van der Waals surface area contributed by atoms with Crippen LogP contribution in [0.15, 0.2) is 24.3 Å². The van der Waals surface area contributed by atoms with Gasteiger partial charge in [-0.25, -0.2) is 4.79 Å². The van der Waals surface area contributed by atoms with Crippen LogP contribution in [-0.4, -0.2) is 47.3 Å². The Morgan fingerprint density at radius 2 is 1.93 bits per heavy atom. The van der Waals surface area contributed by atoms with Gasteiger partial charge in [-0.05, 0) is 56.4 Å². The molecule has 1 unspecified atom stereocenters. The van der Waals surface area contributed by atoms with Gasteiger partial charge in [-0.1, -0.05) is 0 Å². The molecule has 3 fully saturated rings. The number of hydrogen-bond donors (Lipinski definition) is 2. The van der Waals surface area contributed by atoms with Crippen LogP contribution >= 0.6 is 0 Å². The van der Waals surface area contributed by atoms with Crippen LogP contribution in [0.25, 0.3) is 0 Å². The van der Waals surface area contributed by atoms with Gasteiger partial charge in [0.05, 0.1) is 0 Å². The van der Waals surface area contributed by atoms with Crippen molar-refractivity contribution in [1.29, 1.82) is 0 Å². The maximum Gasteiger partial charge on any atom is 0.325 e. The van der Waals surface area contributed by atoms with E-state index in [2.05, 4.69) is 10.6 Å². The molecule has 3 aliphatic rings. The number of nitrogens with one attached hydrogen (secondary N) is 2. The summed E-state index contributed by atoms with van der Waals surface area (Å²) in [7, 11) is 0. The van der Waals surface area contributed by atoms with Crippen molar-refractivity contribution in [3.8, 4) is 0 Å². The molecule has 142 valence electrons. The third-order valence-corrected chi connectivity index (χ3v) is 5.53. The first kappa shape index (κ1) is 17.5. The summed E-state index contributed by atoms with van der Waals surface area (Å²) in [4.78, 5) is 51.4. The molecule has 2 heterocycles. The number of carbonyl (C=O) groups excluding carboxylic acids is 4. The molecule has 2 N–H and O–H groups in total. The highest BCUT2D eigenvalue weighted by molar-refractivity contribution is 6.10. The highest BCUT2D eigenvalue weighted by Gasteiger charge is 2.56. The van der Waals surface area contributed by atoms with Crippen molar-refractivity contribution >= 4 is 35.1 Å². The number of anilines is 2. The smallest absolute Gasteiger partial charge is 0.325 e. The first-order chi connectivity index (χ1) is 12.9. The van der Waals surface area contributed by atoms with Crippen molar-refractivity contribution in [2.24, 2.45) is 5.92 Å². The third-order valence-electron chi connectivity index (χ3n) is 5.53. The lowest BCUT2D eigenvalue weighted by molar-refractivity contribution is -0.134. The fourth-order valence-electron chi connectivity index (χ4n) is 3.79. The van der Waals surface area contributed by atoms with E-state index in [-0.39, 0.29) is 24.3 Å². The van der Waals surface area contributed by atoms with Crippen LogP contribution in [0.3, 0.4) is 0 Å². The molecule has 27 heavy (non-hydrogen) atoms. The Bertz CT molecular complexity index is 818. The van der Waals surface area contributed by atoms with E-state index in [0.717, 1.165) is 29.8 Å². The summed E-state index contributed by atoms with van der Waals surface area (Å²) in [6, 6.07) is 6.44. The lowest BCUT2D eigenvalue weighted by atomic mass is 9.96. The molecule has 8 nitrogen and oxygen atoms in total. The predicted molar refractivity (Wildman–Crippen MR) is 98.0 cm³/mol. The van der Waals surface area contributed by atoms with E-state index < -0.39 is 17.5 Å². The van der Waals surface area contributed by atoms with Crippen LogP contribution < -0.4 is 15.5 Å². The van der Waals surface area contributed by atoms with Crippen LogP contribution in [0.5, 0.6) is 0 Å². The number of imide groups is 1. The second-order valence-electron chi connectivity index (χ2n) is 7.54. The molecular weight excluding hydrogens is 348 g/mol. The van der Waals surface area contributed by atoms with E-state index in [1.54, 1.807) is 36.1 Å². The second kappa shape index (κ2) is 6.37. The molecule has 4 rings (SSSR count). The molecule has 1 atom stereocenters. The van der Waals surface area contributed by atoms with Crippen molar-refractivity contribution < 1.29 is 19.2 Å². The predicted octanol–water partition coefficient (Wildman–Crippen LogP) is 1.47. The molecule has 0 radical (unpaired) electrons. The summed E-state index contributed by atoms with van der Waals surface area (Å²) < 4.78 is 0. The topological polar surface area (TPSA) is 98.8 Å². The summed E-state index contributed by atoms with van der Waals surface area (Å²) in [6.45, 7) is 2.11. The molecule has 0 spiro atoms. The fraction of sp³-hybridized carbons (Fsp3) is 0.474. The van der Waals surface area contributed by atoms with E-state index in [4.69, 9.17) is 0 Å². The molecule has 2 aliphatic heterocycles. The SMILES string of the molecule is CC1(C2CC2)NC(=O)N(CC(=O)Nc2ccc(N3CCCC3=O)cc2)C1=O. The van der Waals surface area contributed by atoms with Gasteiger partial charge >= 0.3 is 6.03 Å². The third kappa shape index (κ3) is 3.15. The van der Waals surface area contributed by atoms with E-state index in [1.807, 2.05) is 0 Å². The summed E-state index contributed by atoms with van der Waals surface area (Å²) in [5.41, 5.74) is 0.457. The lowest BCUT2D eigenvalue weighted by Crippen LogP contribution is -2.46. The maximum absolute atomic E-state index is 12.6. The monoisotopic (exact) mass is 370 g/mol. The van der Waals surface area contributed by atoms with Crippen LogP contribution in [0.2, 0.25) is 0 Å². The van der Waals surface area contributed by atoms with Gasteiger partial charge in [-0.15, -0.1) is 0 Å². The molecule has 0 aromatic heterocycles. The van der Waals surface area contributed by atoms with Crippen molar-refractivity contribution in [2.75, 3.05) is 23.3 Å². The van der Waals surface area contributed by atoms with Crippen molar-refractivity contribution in [3.63, 3.8) is 0 Å². The first-order valence-corrected chi connectivity index (χ1v) is 9.23. The van der Waals surface area contributed by atoms with E-state index in [0.29, 0.717) is 18.7 Å². The minimum atomic E-state index is -0.888. The number of benzene rings is 1. The number of hydrogen-bond acceptors (Lipinski definition) is 4. The number of nitrogens with zero attached hydrogens (tertiary/aromatic N) is 2. The molecule has 8 heteroatoms. The Hall–Kier alpha value is -2.90. The fourth-order valence-corrected chi connectivity index (χ4v) is 3.79. The largest absolute Gasteiger partial charge is 0.325 e. The highest BCUT2D eigenvalue weighted by Crippen LogP contribution is 2.42. The number of urea groups is 1. The Morgan fingerprint density at radius 3 is 2.52 bits per heavy atom. The minimum absolute atomic E-state index is 0.101. The number of amides is 5. The zero-order chi connectivity index (χ0) is 19.2. The zero-order valence-corrected chi connectivity index (χ0v) is 15.2. The molecule has 1 aromatic rings. The average molecular weight is 370 g/mol. The van der Waals surface area contributed by atoms with E-state index in [1.165, 1.54) is 0 Å². The maximum atomic E-state index is 12.6. The molecular formula is C19H22N4O4. The van der Waals surface area contributed by atoms with Crippen LogP contribution in [-0.2, 0) is 14.4 Å². The summed E-state index contributed by atoms with van der Waals surface area (Å²) in [5.74, 6) is -0.525. The van der Waals surface area contributed by atoms with Gasteiger partial charge in [0.1, 0.15) is 12.1 Å². The average Bonchev–Trinajstić information content (AvgIpc) is 3.38. The molecule has 1 aromatic carbocycles. The Morgan fingerprint density at radius 1 is 1.22 bits per heavy atom. The Balaban J connectivity index is 1.37. The van der Waals surface area contributed by atoms with Crippen molar-refractivity contribution in [3.05, 3.63) is 24.3 Å². The minimum Gasteiger partial charge on any atom is -0.325 e. The standard InChI is InChI=1S/C19H22N4O4/c1-19(12-4-5-12)17(26)23(18(27)21-19)11-15(24)20-13-6-8-14(9-7-13)22-10-2-3-16(22)25/h6-9,12H,2-5,10-11H2,1H3,(H,20,24)(H,21,27). The molecule has 5 amide bonds. The van der Waals surface area contributed by atoms with Crippen molar-refractivity contribution in [2.45, 2.75) is 38.1 Å². The molecule has 2 saturated heterocycles. The lowest BCUT2D eigenvalue weighted by Gasteiger charge is -2.20.